The molecule has 2 N–H and O–H groups in total. The lowest BCUT2D eigenvalue weighted by Crippen LogP contribution is -2.65. The number of carbonyl (C=O) groups is 1. The van der Waals surface area contributed by atoms with Gasteiger partial charge in [-0.3, -0.25) is 0 Å². The molecular weight excluding hydrogens is 280 g/mol. The zero-order valence-corrected chi connectivity index (χ0v) is 14.9. The van der Waals surface area contributed by atoms with E-state index in [1.54, 1.807) is 0 Å². The first-order valence-electron chi connectivity index (χ1n) is 8.49. The van der Waals surface area contributed by atoms with Gasteiger partial charge in [0.05, 0.1) is 6.10 Å². The van der Waals surface area contributed by atoms with Gasteiger partial charge >= 0.3 is 6.09 Å². The van der Waals surface area contributed by atoms with E-state index in [1.165, 1.54) is 0 Å². The summed E-state index contributed by atoms with van der Waals surface area (Å²) in [6, 6.07) is 1.24. The van der Waals surface area contributed by atoms with Gasteiger partial charge < -0.3 is 20.1 Å². The number of rotatable bonds is 5. The largest absolute Gasteiger partial charge is 0.444 e. The minimum atomic E-state index is -0.435. The Morgan fingerprint density at radius 3 is 2.32 bits per heavy atom. The van der Waals surface area contributed by atoms with Crippen LogP contribution in [-0.2, 0) is 9.47 Å². The van der Waals surface area contributed by atoms with Gasteiger partial charge in [0.15, 0.2) is 0 Å². The number of nitrogens with one attached hydrogen (secondary N) is 2. The molecule has 128 valence electrons. The van der Waals surface area contributed by atoms with E-state index in [1.807, 2.05) is 20.8 Å². The number of carbonyl (C=O) groups excluding carboxylic acids is 1. The van der Waals surface area contributed by atoms with Gasteiger partial charge in [0, 0.05) is 30.1 Å². The molecule has 0 bridgehead atoms. The highest BCUT2D eigenvalue weighted by molar-refractivity contribution is 5.68. The number of alkyl carbamates (subject to hydrolysis) is 1. The van der Waals surface area contributed by atoms with Crippen LogP contribution < -0.4 is 10.6 Å². The second kappa shape index (κ2) is 6.36. The van der Waals surface area contributed by atoms with Crippen LogP contribution in [0.5, 0.6) is 0 Å². The van der Waals surface area contributed by atoms with Crippen LogP contribution in [0.3, 0.4) is 0 Å². The van der Waals surface area contributed by atoms with Crippen LogP contribution in [0, 0.1) is 5.41 Å². The SMILES string of the molecule is CCOC1CC(NC2CC(NC(=O)OC(C)(C)C)C2)C1(C)C. The lowest BCUT2D eigenvalue weighted by Gasteiger charge is -2.54. The quantitative estimate of drug-likeness (QED) is 0.819. The highest BCUT2D eigenvalue weighted by Gasteiger charge is 2.50. The zero-order valence-electron chi connectivity index (χ0n) is 14.9. The van der Waals surface area contributed by atoms with Crippen molar-refractivity contribution >= 4 is 6.09 Å². The van der Waals surface area contributed by atoms with E-state index in [4.69, 9.17) is 9.47 Å². The fourth-order valence-electron chi connectivity index (χ4n) is 3.28. The molecule has 2 aliphatic rings. The zero-order chi connectivity index (χ0) is 16.5. The van der Waals surface area contributed by atoms with Gasteiger partial charge in [-0.15, -0.1) is 0 Å². The fourth-order valence-corrected chi connectivity index (χ4v) is 3.28. The number of ether oxygens (including phenoxy) is 2. The molecule has 5 nitrogen and oxygen atoms in total. The smallest absolute Gasteiger partial charge is 0.407 e. The molecule has 2 fully saturated rings. The van der Waals surface area contributed by atoms with Crippen molar-refractivity contribution in [2.45, 2.75) is 90.6 Å². The Labute approximate surface area is 134 Å². The van der Waals surface area contributed by atoms with E-state index in [2.05, 4.69) is 31.4 Å². The van der Waals surface area contributed by atoms with Gasteiger partial charge in [0.25, 0.3) is 0 Å². The fraction of sp³-hybridized carbons (Fsp3) is 0.941. The highest BCUT2D eigenvalue weighted by atomic mass is 16.6. The summed E-state index contributed by atoms with van der Waals surface area (Å²) in [5.41, 5.74) is -0.241. The average Bonchev–Trinajstić information content (AvgIpc) is 2.31. The van der Waals surface area contributed by atoms with Crippen LogP contribution in [0.2, 0.25) is 0 Å². The molecule has 0 aromatic heterocycles. The van der Waals surface area contributed by atoms with E-state index < -0.39 is 5.60 Å². The van der Waals surface area contributed by atoms with E-state index in [-0.39, 0.29) is 17.6 Å². The Morgan fingerprint density at radius 2 is 1.82 bits per heavy atom. The third kappa shape index (κ3) is 4.13. The maximum atomic E-state index is 11.7. The Kier molecular flexibility index (Phi) is 5.07. The van der Waals surface area contributed by atoms with Gasteiger partial charge in [-0.05, 0) is 47.0 Å². The first-order chi connectivity index (χ1) is 10.1. The van der Waals surface area contributed by atoms with Crippen molar-refractivity contribution in [3.8, 4) is 0 Å². The molecule has 22 heavy (non-hydrogen) atoms. The lowest BCUT2D eigenvalue weighted by atomic mass is 9.63. The number of hydrogen-bond acceptors (Lipinski definition) is 4. The first kappa shape index (κ1) is 17.5. The van der Waals surface area contributed by atoms with Crippen molar-refractivity contribution in [1.29, 1.82) is 0 Å². The minimum absolute atomic E-state index is 0.194. The molecule has 0 radical (unpaired) electrons. The monoisotopic (exact) mass is 312 g/mol. The summed E-state index contributed by atoms with van der Waals surface area (Å²) in [6.45, 7) is 13.0. The van der Waals surface area contributed by atoms with Gasteiger partial charge in [0.1, 0.15) is 5.60 Å². The topological polar surface area (TPSA) is 59.6 Å². The lowest BCUT2D eigenvalue weighted by molar-refractivity contribution is -0.118. The average molecular weight is 312 g/mol. The van der Waals surface area contributed by atoms with Crippen molar-refractivity contribution in [2.24, 2.45) is 5.41 Å². The van der Waals surface area contributed by atoms with Crippen molar-refractivity contribution in [1.82, 2.24) is 10.6 Å². The van der Waals surface area contributed by atoms with E-state index in [9.17, 15) is 4.79 Å². The Bertz CT molecular complexity index is 397. The molecule has 0 aromatic rings. The maximum Gasteiger partial charge on any atom is 0.407 e. The van der Waals surface area contributed by atoms with E-state index >= 15 is 0 Å². The summed E-state index contributed by atoms with van der Waals surface area (Å²) < 4.78 is 11.0. The van der Waals surface area contributed by atoms with Crippen LogP contribution in [0.1, 0.15) is 60.8 Å². The molecule has 2 rings (SSSR count). The van der Waals surface area contributed by atoms with E-state index in [0.29, 0.717) is 18.2 Å². The first-order valence-corrected chi connectivity index (χ1v) is 8.49. The summed E-state index contributed by atoms with van der Waals surface area (Å²) in [4.78, 5) is 11.7. The van der Waals surface area contributed by atoms with Gasteiger partial charge in [-0.1, -0.05) is 13.8 Å². The Morgan fingerprint density at radius 1 is 1.18 bits per heavy atom. The molecule has 5 heteroatoms. The number of amides is 1. The van der Waals surface area contributed by atoms with Gasteiger partial charge in [-0.25, -0.2) is 4.79 Å². The molecule has 0 heterocycles. The van der Waals surface area contributed by atoms with Crippen molar-refractivity contribution < 1.29 is 14.3 Å². The molecule has 2 unspecified atom stereocenters. The summed E-state index contributed by atoms with van der Waals surface area (Å²) in [6.07, 6.45) is 3.10. The Hall–Kier alpha value is -0.810. The molecule has 1 amide bonds. The molecule has 2 aliphatic carbocycles. The summed E-state index contributed by atoms with van der Waals surface area (Å²) in [5.74, 6) is 0. The van der Waals surface area contributed by atoms with Gasteiger partial charge in [-0.2, -0.15) is 0 Å². The molecule has 2 saturated carbocycles. The molecule has 0 aliphatic heterocycles. The summed E-state index contributed by atoms with van der Waals surface area (Å²) in [5, 5.41) is 6.65. The van der Waals surface area contributed by atoms with Crippen molar-refractivity contribution in [3.05, 3.63) is 0 Å². The predicted molar refractivity (Wildman–Crippen MR) is 86.9 cm³/mol. The second-order valence-corrected chi connectivity index (χ2v) is 8.23. The normalized spacial score (nSPS) is 33.5. The van der Waals surface area contributed by atoms with E-state index in [0.717, 1.165) is 25.9 Å². The number of hydrogen-bond donors (Lipinski definition) is 2. The maximum absolute atomic E-state index is 11.7. The van der Waals surface area contributed by atoms with Crippen LogP contribution in [0.25, 0.3) is 0 Å². The standard InChI is InChI=1S/C17H32N2O3/c1-7-21-14-10-13(17(14,5)6)18-11-8-12(9-11)19-15(20)22-16(2,3)4/h11-14,18H,7-10H2,1-6H3,(H,19,20). The molecule has 2 atom stereocenters. The van der Waals surface area contributed by atoms with Crippen LogP contribution in [0.15, 0.2) is 0 Å². The highest BCUT2D eigenvalue weighted by Crippen LogP contribution is 2.43. The summed E-state index contributed by atoms with van der Waals surface area (Å²) in [7, 11) is 0. The molecule has 0 aromatic carbocycles. The molecule has 0 saturated heterocycles. The van der Waals surface area contributed by atoms with Crippen LogP contribution in [0.4, 0.5) is 4.79 Å². The Balaban J connectivity index is 1.65. The van der Waals surface area contributed by atoms with Gasteiger partial charge in [0.2, 0.25) is 0 Å². The molecular formula is C17H32N2O3. The van der Waals surface area contributed by atoms with Crippen molar-refractivity contribution in [3.63, 3.8) is 0 Å². The summed E-state index contributed by atoms with van der Waals surface area (Å²) >= 11 is 0. The third-order valence-electron chi connectivity index (χ3n) is 4.84. The third-order valence-corrected chi connectivity index (χ3v) is 4.84. The molecule has 0 spiro atoms. The van der Waals surface area contributed by atoms with Crippen LogP contribution >= 0.6 is 0 Å². The predicted octanol–water partition coefficient (Wildman–Crippen LogP) is 2.84. The van der Waals surface area contributed by atoms with Crippen molar-refractivity contribution in [2.75, 3.05) is 6.61 Å². The van der Waals surface area contributed by atoms with Crippen LogP contribution in [-0.4, -0.2) is 42.5 Å². The second-order valence-electron chi connectivity index (χ2n) is 8.23. The minimum Gasteiger partial charge on any atom is -0.444 e.